The highest BCUT2D eigenvalue weighted by Gasteiger charge is 2.19. The molecule has 1 N–H and O–H groups in total. The van der Waals surface area contributed by atoms with Gasteiger partial charge in [0.15, 0.2) is 0 Å². The molecule has 0 saturated heterocycles. The van der Waals surface area contributed by atoms with Crippen LogP contribution in [0.25, 0.3) is 33.7 Å². The lowest BCUT2D eigenvalue weighted by atomic mass is 10.0. The van der Waals surface area contributed by atoms with E-state index in [1.54, 1.807) is 10.6 Å². The number of benzene rings is 2. The smallest absolute Gasteiger partial charge is 0.254 e. The van der Waals surface area contributed by atoms with Gasteiger partial charge in [-0.3, -0.25) is 9.36 Å². The van der Waals surface area contributed by atoms with Gasteiger partial charge < -0.3 is 4.42 Å². The molecule has 0 aliphatic heterocycles. The van der Waals surface area contributed by atoms with Gasteiger partial charge in [-0.25, -0.2) is 4.98 Å². The Labute approximate surface area is 191 Å². The number of nitrogens with one attached hydrogen (secondary N) is 1. The zero-order valence-corrected chi connectivity index (χ0v) is 19.0. The molecule has 160 valence electrons. The Bertz CT molecular complexity index is 1490. The second kappa shape index (κ2) is 8.16. The molecule has 0 radical (unpaired) electrons. The monoisotopic (exact) mass is 490 g/mol. The summed E-state index contributed by atoms with van der Waals surface area (Å²) in [5, 5.41) is 15.3. The summed E-state index contributed by atoms with van der Waals surface area (Å²) in [7, 11) is 0. The summed E-state index contributed by atoms with van der Waals surface area (Å²) < 4.78 is 8.75. The van der Waals surface area contributed by atoms with E-state index >= 15 is 0 Å². The standard InChI is InChI=1S/C23H19BrN6O2/c1-3-19-25-13(2)10-20(31)30(19)12-14-8-9-18-17(11-14)21(24)22(32-18)15-6-4-5-7-16(15)23-26-28-29-27-23/h4-11H,3,12H2,1-2H3,(H,26,27,28,29). The third-order valence-corrected chi connectivity index (χ3v) is 6.11. The maximum Gasteiger partial charge on any atom is 0.254 e. The molecule has 0 bridgehead atoms. The molecule has 9 heteroatoms. The molecule has 0 amide bonds. The first-order valence-corrected chi connectivity index (χ1v) is 11.0. The van der Waals surface area contributed by atoms with E-state index in [9.17, 15) is 4.79 Å². The van der Waals surface area contributed by atoms with Crippen LogP contribution in [-0.2, 0) is 13.0 Å². The molecule has 2 aromatic carbocycles. The highest BCUT2D eigenvalue weighted by atomic mass is 79.9. The molecule has 32 heavy (non-hydrogen) atoms. The van der Waals surface area contributed by atoms with Crippen LogP contribution in [0, 0.1) is 6.92 Å². The third kappa shape index (κ3) is 3.54. The lowest BCUT2D eigenvalue weighted by Gasteiger charge is -2.11. The minimum absolute atomic E-state index is 0.0459. The second-order valence-electron chi connectivity index (χ2n) is 7.45. The summed E-state index contributed by atoms with van der Waals surface area (Å²) in [5.74, 6) is 1.95. The number of aromatic nitrogens is 6. The zero-order valence-electron chi connectivity index (χ0n) is 17.5. The molecule has 3 heterocycles. The molecule has 5 aromatic rings. The van der Waals surface area contributed by atoms with Gasteiger partial charge in [0.1, 0.15) is 17.2 Å². The molecule has 5 rings (SSSR count). The zero-order chi connectivity index (χ0) is 22.2. The summed E-state index contributed by atoms with van der Waals surface area (Å²) in [6, 6.07) is 15.2. The quantitative estimate of drug-likeness (QED) is 0.388. The largest absolute Gasteiger partial charge is 0.455 e. The number of aryl methyl sites for hydroxylation is 2. The predicted octanol–water partition coefficient (Wildman–Crippen LogP) is 4.52. The van der Waals surface area contributed by atoms with E-state index in [2.05, 4.69) is 41.5 Å². The van der Waals surface area contributed by atoms with E-state index in [0.29, 0.717) is 24.6 Å². The van der Waals surface area contributed by atoms with Gasteiger partial charge in [-0.1, -0.05) is 37.3 Å². The Morgan fingerprint density at radius 1 is 1.12 bits per heavy atom. The van der Waals surface area contributed by atoms with Crippen molar-refractivity contribution in [3.05, 3.63) is 80.4 Å². The number of aromatic amines is 1. The molecular formula is C23H19BrN6O2. The molecule has 0 saturated carbocycles. The first kappa shape index (κ1) is 20.3. The molecule has 0 spiro atoms. The summed E-state index contributed by atoms with van der Waals surface area (Å²) >= 11 is 3.72. The van der Waals surface area contributed by atoms with Crippen LogP contribution in [0.5, 0.6) is 0 Å². The van der Waals surface area contributed by atoms with Gasteiger partial charge in [-0.2, -0.15) is 5.21 Å². The number of halogens is 1. The fourth-order valence-electron chi connectivity index (χ4n) is 3.84. The minimum Gasteiger partial charge on any atom is -0.455 e. The average molecular weight is 491 g/mol. The number of H-pyrrole nitrogens is 1. The van der Waals surface area contributed by atoms with E-state index in [1.165, 1.54) is 0 Å². The molecule has 0 aliphatic carbocycles. The molecule has 0 aliphatic rings. The third-order valence-electron chi connectivity index (χ3n) is 5.32. The number of nitrogens with zero attached hydrogens (tertiary/aromatic N) is 5. The number of hydrogen-bond donors (Lipinski definition) is 1. The van der Waals surface area contributed by atoms with E-state index in [1.807, 2.05) is 56.3 Å². The van der Waals surface area contributed by atoms with Crippen LogP contribution in [0.3, 0.4) is 0 Å². The Morgan fingerprint density at radius 3 is 2.69 bits per heavy atom. The molecule has 8 nitrogen and oxygen atoms in total. The summed E-state index contributed by atoms with van der Waals surface area (Å²) in [5.41, 5.74) is 4.08. The van der Waals surface area contributed by atoms with Crippen molar-refractivity contribution in [2.24, 2.45) is 0 Å². The van der Waals surface area contributed by atoms with Gasteiger partial charge in [0.2, 0.25) is 5.82 Å². The number of rotatable bonds is 5. The van der Waals surface area contributed by atoms with Crippen LogP contribution in [0.15, 0.2) is 62.2 Å². The average Bonchev–Trinajstić information content (AvgIpc) is 3.44. The van der Waals surface area contributed by atoms with Crippen molar-refractivity contribution in [2.75, 3.05) is 0 Å². The van der Waals surface area contributed by atoms with E-state index in [-0.39, 0.29) is 5.56 Å². The fraction of sp³-hybridized carbons (Fsp3) is 0.174. The minimum atomic E-state index is -0.0459. The van der Waals surface area contributed by atoms with Crippen molar-refractivity contribution in [1.82, 2.24) is 30.2 Å². The van der Waals surface area contributed by atoms with E-state index in [0.717, 1.165) is 43.7 Å². The predicted molar refractivity (Wildman–Crippen MR) is 124 cm³/mol. The summed E-state index contributed by atoms with van der Waals surface area (Å²) in [6.07, 6.45) is 0.686. The maximum atomic E-state index is 12.6. The van der Waals surface area contributed by atoms with Crippen molar-refractivity contribution in [1.29, 1.82) is 0 Å². The van der Waals surface area contributed by atoms with Crippen molar-refractivity contribution in [3.63, 3.8) is 0 Å². The lowest BCUT2D eigenvalue weighted by Crippen LogP contribution is -2.25. The SMILES string of the molecule is CCc1nc(C)cc(=O)n1Cc1ccc2oc(-c3ccccc3-c3nn[nH]n3)c(Br)c2c1. The van der Waals surface area contributed by atoms with Gasteiger partial charge in [0.25, 0.3) is 5.56 Å². The first-order valence-electron chi connectivity index (χ1n) is 10.2. The van der Waals surface area contributed by atoms with Crippen molar-refractivity contribution in [2.45, 2.75) is 26.8 Å². The molecular weight excluding hydrogens is 472 g/mol. The van der Waals surface area contributed by atoms with Gasteiger partial charge in [0, 0.05) is 34.7 Å². The van der Waals surface area contributed by atoms with Crippen molar-refractivity contribution < 1.29 is 4.42 Å². The molecule has 0 unspecified atom stereocenters. The van der Waals surface area contributed by atoms with E-state index in [4.69, 9.17) is 4.42 Å². The number of tetrazole rings is 1. The van der Waals surface area contributed by atoms with Crippen LogP contribution in [-0.4, -0.2) is 30.2 Å². The van der Waals surface area contributed by atoms with Gasteiger partial charge in [-0.05, 0) is 45.8 Å². The number of fused-ring (bicyclic) bond motifs is 1. The van der Waals surface area contributed by atoms with Crippen LogP contribution >= 0.6 is 15.9 Å². The van der Waals surface area contributed by atoms with Crippen LogP contribution in [0.1, 0.15) is 24.0 Å². The second-order valence-corrected chi connectivity index (χ2v) is 8.24. The molecule has 0 fully saturated rings. The highest BCUT2D eigenvalue weighted by molar-refractivity contribution is 9.10. The highest BCUT2D eigenvalue weighted by Crippen LogP contribution is 2.41. The van der Waals surface area contributed by atoms with Crippen molar-refractivity contribution in [3.8, 4) is 22.7 Å². The molecule has 0 atom stereocenters. The van der Waals surface area contributed by atoms with Crippen molar-refractivity contribution >= 4 is 26.9 Å². The van der Waals surface area contributed by atoms with Crippen LogP contribution in [0.2, 0.25) is 0 Å². The maximum absolute atomic E-state index is 12.6. The normalized spacial score (nSPS) is 11.3. The van der Waals surface area contributed by atoms with Gasteiger partial charge >= 0.3 is 0 Å². The number of furan rings is 1. The van der Waals surface area contributed by atoms with Crippen LogP contribution in [0.4, 0.5) is 0 Å². The van der Waals surface area contributed by atoms with Gasteiger partial charge in [-0.15, -0.1) is 10.2 Å². The Hall–Kier alpha value is -3.59. The fourth-order valence-corrected chi connectivity index (χ4v) is 4.44. The number of hydrogen-bond acceptors (Lipinski definition) is 6. The Morgan fingerprint density at radius 2 is 1.94 bits per heavy atom. The lowest BCUT2D eigenvalue weighted by molar-refractivity contribution is 0.629. The van der Waals surface area contributed by atoms with Crippen LogP contribution < -0.4 is 5.56 Å². The van der Waals surface area contributed by atoms with Gasteiger partial charge in [0.05, 0.1) is 11.0 Å². The Kier molecular flexibility index (Phi) is 5.18. The Balaban J connectivity index is 1.59. The molecule has 3 aromatic heterocycles. The summed E-state index contributed by atoms with van der Waals surface area (Å²) in [6.45, 7) is 4.28. The first-order chi connectivity index (χ1) is 15.5. The van der Waals surface area contributed by atoms with E-state index < -0.39 is 0 Å². The topological polar surface area (TPSA) is 102 Å². The summed E-state index contributed by atoms with van der Waals surface area (Å²) in [4.78, 5) is 17.1.